The average Bonchev–Trinajstić information content (AvgIpc) is 2.45. The molecule has 2 aromatic rings. The maximum absolute atomic E-state index is 13.7. The van der Waals surface area contributed by atoms with Gasteiger partial charge in [0, 0.05) is 16.1 Å². The van der Waals surface area contributed by atoms with Crippen molar-refractivity contribution in [3.05, 3.63) is 68.4 Å². The summed E-state index contributed by atoms with van der Waals surface area (Å²) in [6, 6.07) is 10.1. The van der Waals surface area contributed by atoms with Crippen molar-refractivity contribution in [2.24, 2.45) is 0 Å². The molecule has 0 aromatic heterocycles. The van der Waals surface area contributed by atoms with E-state index in [4.69, 9.17) is 34.8 Å². The Morgan fingerprint density at radius 1 is 1.05 bits per heavy atom. The van der Waals surface area contributed by atoms with Crippen LogP contribution in [-0.4, -0.2) is 6.54 Å². The zero-order valence-corrected chi connectivity index (χ0v) is 13.7. The van der Waals surface area contributed by atoms with Crippen LogP contribution in [-0.2, 0) is 6.42 Å². The summed E-state index contributed by atoms with van der Waals surface area (Å²) in [5, 5.41) is 4.66. The van der Waals surface area contributed by atoms with E-state index in [1.807, 2.05) is 13.0 Å². The third kappa shape index (κ3) is 4.10. The fourth-order valence-electron chi connectivity index (χ4n) is 2.21. The monoisotopic (exact) mass is 345 g/mol. The zero-order chi connectivity index (χ0) is 15.4. The number of benzene rings is 2. The molecule has 2 aromatic carbocycles. The Kier molecular flexibility index (Phi) is 5.88. The largest absolute Gasteiger partial charge is 0.310 e. The van der Waals surface area contributed by atoms with Gasteiger partial charge in [0.25, 0.3) is 0 Å². The molecular weight excluding hydrogens is 332 g/mol. The zero-order valence-electron chi connectivity index (χ0n) is 11.5. The van der Waals surface area contributed by atoms with Gasteiger partial charge < -0.3 is 5.32 Å². The standard InChI is InChI=1S/C16H15Cl3FN/c1-2-21-16(10-6-7-14(19)15(20)8-10)9-11-12(17)4-3-5-13(11)18/h3-8,16,21H,2,9H2,1H3. The predicted molar refractivity (Wildman–Crippen MR) is 88.0 cm³/mol. The molecule has 21 heavy (non-hydrogen) atoms. The van der Waals surface area contributed by atoms with Crippen LogP contribution in [0.4, 0.5) is 4.39 Å². The van der Waals surface area contributed by atoms with Gasteiger partial charge in [-0.3, -0.25) is 0 Å². The van der Waals surface area contributed by atoms with Gasteiger partial charge in [0.2, 0.25) is 0 Å². The molecule has 0 aliphatic rings. The first kappa shape index (κ1) is 16.6. The van der Waals surface area contributed by atoms with E-state index in [1.54, 1.807) is 24.3 Å². The van der Waals surface area contributed by atoms with Crippen LogP contribution in [0.1, 0.15) is 24.1 Å². The molecular formula is C16H15Cl3FN. The summed E-state index contributed by atoms with van der Waals surface area (Å²) in [6.45, 7) is 2.74. The number of nitrogens with one attached hydrogen (secondary N) is 1. The maximum Gasteiger partial charge on any atom is 0.142 e. The van der Waals surface area contributed by atoms with Crippen molar-refractivity contribution >= 4 is 34.8 Å². The molecule has 0 spiro atoms. The molecule has 0 bridgehead atoms. The molecule has 0 fully saturated rings. The highest BCUT2D eigenvalue weighted by Gasteiger charge is 2.16. The fraction of sp³-hybridized carbons (Fsp3) is 0.250. The average molecular weight is 347 g/mol. The number of rotatable bonds is 5. The minimum atomic E-state index is -0.428. The summed E-state index contributed by atoms with van der Waals surface area (Å²) in [5.41, 5.74) is 1.66. The molecule has 0 heterocycles. The van der Waals surface area contributed by atoms with E-state index in [9.17, 15) is 4.39 Å². The first-order chi connectivity index (χ1) is 10.0. The van der Waals surface area contributed by atoms with Crippen LogP contribution >= 0.6 is 34.8 Å². The second-order valence-corrected chi connectivity index (χ2v) is 5.91. The Morgan fingerprint density at radius 2 is 1.71 bits per heavy atom. The van der Waals surface area contributed by atoms with E-state index in [0.29, 0.717) is 16.5 Å². The third-order valence-electron chi connectivity index (χ3n) is 3.27. The van der Waals surface area contributed by atoms with Gasteiger partial charge in [-0.2, -0.15) is 0 Å². The van der Waals surface area contributed by atoms with Gasteiger partial charge in [-0.1, -0.05) is 53.9 Å². The third-order valence-corrected chi connectivity index (χ3v) is 4.28. The fourth-order valence-corrected chi connectivity index (χ4v) is 2.88. The SMILES string of the molecule is CCNC(Cc1c(Cl)cccc1Cl)c1ccc(Cl)c(F)c1. The van der Waals surface area contributed by atoms with Gasteiger partial charge in [0.05, 0.1) is 5.02 Å². The van der Waals surface area contributed by atoms with Gasteiger partial charge in [0.1, 0.15) is 5.82 Å². The molecule has 112 valence electrons. The highest BCUT2D eigenvalue weighted by atomic mass is 35.5. The van der Waals surface area contributed by atoms with Crippen LogP contribution in [0, 0.1) is 5.82 Å². The predicted octanol–water partition coefficient (Wildman–Crippen LogP) is 5.68. The van der Waals surface area contributed by atoms with Crippen molar-refractivity contribution in [1.29, 1.82) is 0 Å². The molecule has 5 heteroatoms. The highest BCUT2D eigenvalue weighted by Crippen LogP contribution is 2.30. The summed E-state index contributed by atoms with van der Waals surface area (Å²) < 4.78 is 13.7. The van der Waals surface area contributed by atoms with Crippen molar-refractivity contribution < 1.29 is 4.39 Å². The Hall–Kier alpha value is -0.800. The van der Waals surface area contributed by atoms with Gasteiger partial charge in [0.15, 0.2) is 0 Å². The van der Waals surface area contributed by atoms with E-state index in [1.165, 1.54) is 6.07 Å². The summed E-state index contributed by atoms with van der Waals surface area (Å²) >= 11 is 18.2. The van der Waals surface area contributed by atoms with Crippen molar-refractivity contribution in [2.75, 3.05) is 6.54 Å². The first-order valence-corrected chi connectivity index (χ1v) is 7.77. The molecule has 2 rings (SSSR count). The van der Waals surface area contributed by atoms with Gasteiger partial charge in [-0.25, -0.2) is 4.39 Å². The van der Waals surface area contributed by atoms with Crippen molar-refractivity contribution in [1.82, 2.24) is 5.32 Å². The summed E-state index contributed by atoms with van der Waals surface area (Å²) in [4.78, 5) is 0. The van der Waals surface area contributed by atoms with E-state index >= 15 is 0 Å². The lowest BCUT2D eigenvalue weighted by molar-refractivity contribution is 0.543. The lowest BCUT2D eigenvalue weighted by Crippen LogP contribution is -2.23. The Balaban J connectivity index is 2.33. The molecule has 1 unspecified atom stereocenters. The van der Waals surface area contributed by atoms with Crippen LogP contribution in [0.2, 0.25) is 15.1 Å². The molecule has 0 amide bonds. The highest BCUT2D eigenvalue weighted by molar-refractivity contribution is 6.36. The first-order valence-electron chi connectivity index (χ1n) is 6.64. The topological polar surface area (TPSA) is 12.0 Å². The van der Waals surface area contributed by atoms with Crippen LogP contribution in [0.5, 0.6) is 0 Å². The Morgan fingerprint density at radius 3 is 2.29 bits per heavy atom. The summed E-state index contributed by atoms with van der Waals surface area (Å²) in [5.74, 6) is -0.428. The van der Waals surface area contributed by atoms with Gasteiger partial charge in [-0.05, 0) is 48.4 Å². The molecule has 1 N–H and O–H groups in total. The van der Waals surface area contributed by atoms with E-state index < -0.39 is 5.82 Å². The number of likely N-dealkylation sites (N-methyl/N-ethyl adjacent to an activating group) is 1. The van der Waals surface area contributed by atoms with Gasteiger partial charge in [-0.15, -0.1) is 0 Å². The number of hydrogen-bond acceptors (Lipinski definition) is 1. The van der Waals surface area contributed by atoms with Crippen LogP contribution in [0.3, 0.4) is 0 Å². The molecule has 0 aliphatic heterocycles. The van der Waals surface area contributed by atoms with Crippen molar-refractivity contribution in [3.63, 3.8) is 0 Å². The summed E-state index contributed by atoms with van der Waals surface area (Å²) in [7, 11) is 0. The van der Waals surface area contributed by atoms with Crippen LogP contribution < -0.4 is 5.32 Å². The molecule has 0 saturated heterocycles. The minimum Gasteiger partial charge on any atom is -0.310 e. The maximum atomic E-state index is 13.7. The second kappa shape index (κ2) is 7.46. The number of halogens is 4. The van der Waals surface area contributed by atoms with Crippen LogP contribution in [0.25, 0.3) is 0 Å². The van der Waals surface area contributed by atoms with E-state index in [2.05, 4.69) is 5.32 Å². The van der Waals surface area contributed by atoms with Gasteiger partial charge >= 0.3 is 0 Å². The van der Waals surface area contributed by atoms with E-state index in [-0.39, 0.29) is 11.1 Å². The molecule has 0 radical (unpaired) electrons. The molecule has 0 aliphatic carbocycles. The molecule has 1 atom stereocenters. The Bertz CT molecular complexity index is 611. The summed E-state index contributed by atoms with van der Waals surface area (Å²) in [6.07, 6.45) is 0.577. The molecule has 1 nitrogen and oxygen atoms in total. The molecule has 0 saturated carbocycles. The van der Waals surface area contributed by atoms with E-state index in [0.717, 1.165) is 17.7 Å². The van der Waals surface area contributed by atoms with Crippen molar-refractivity contribution in [3.8, 4) is 0 Å². The normalized spacial score (nSPS) is 12.4. The Labute approximate surface area is 139 Å². The number of hydrogen-bond donors (Lipinski definition) is 1. The smallest absolute Gasteiger partial charge is 0.142 e. The lowest BCUT2D eigenvalue weighted by Gasteiger charge is -2.20. The second-order valence-electron chi connectivity index (χ2n) is 4.69. The van der Waals surface area contributed by atoms with Crippen LogP contribution in [0.15, 0.2) is 36.4 Å². The quantitative estimate of drug-likeness (QED) is 0.734. The van der Waals surface area contributed by atoms with Crippen molar-refractivity contribution in [2.45, 2.75) is 19.4 Å². The minimum absolute atomic E-state index is 0.0841. The lowest BCUT2D eigenvalue weighted by atomic mass is 9.98.